The number of para-hydroxylation sites is 1. The van der Waals surface area contributed by atoms with Gasteiger partial charge in [-0.25, -0.2) is 0 Å². The molecule has 1 N–H and O–H groups in total. The predicted molar refractivity (Wildman–Crippen MR) is 154 cm³/mol. The van der Waals surface area contributed by atoms with Crippen LogP contribution in [0.1, 0.15) is 46.0 Å². The maximum absolute atomic E-state index is 14.4. The molecule has 1 aromatic heterocycles. The minimum Gasteiger partial charge on any atom is 2.00 e. The van der Waals surface area contributed by atoms with Crippen molar-refractivity contribution in [2.75, 3.05) is 4.43 Å². The van der Waals surface area contributed by atoms with Crippen molar-refractivity contribution in [3.8, 4) is 0 Å². The van der Waals surface area contributed by atoms with Crippen molar-refractivity contribution in [2.45, 2.75) is 57.7 Å². The van der Waals surface area contributed by atoms with Gasteiger partial charge < -0.3 is 0 Å². The predicted octanol–water partition coefficient (Wildman–Crippen LogP) is 1.97. The number of aromatic nitrogens is 1. The van der Waals surface area contributed by atoms with Crippen LogP contribution in [-0.4, -0.2) is 43.8 Å². The van der Waals surface area contributed by atoms with Gasteiger partial charge in [0.25, 0.3) is 0 Å². The number of ether oxygens (including phenoxy) is 1. The number of pyridine rings is 1. The van der Waals surface area contributed by atoms with Crippen molar-refractivity contribution >= 4 is 28.4 Å². The fourth-order valence-electron chi connectivity index (χ4n) is 8.65. The summed E-state index contributed by atoms with van der Waals surface area (Å²) in [6.07, 6.45) is 12.7. The monoisotopic (exact) mass is 914 g/mol. The molecule has 5 unspecified atom stereocenters. The molecule has 3 fully saturated rings. The fraction of sp³-hybridized carbons (Fsp3) is 0.429. The minimum absolute atomic E-state index is 0. The van der Waals surface area contributed by atoms with Crippen LogP contribution in [0.5, 0.6) is 0 Å². The van der Waals surface area contributed by atoms with Crippen LogP contribution < -0.4 is 21.2 Å². The molecule has 7 atom stereocenters. The van der Waals surface area contributed by atoms with E-state index in [9.17, 15) is 19.5 Å². The number of rotatable bonds is 7. The summed E-state index contributed by atoms with van der Waals surface area (Å²) in [6, 6.07) is 11.9. The van der Waals surface area contributed by atoms with Gasteiger partial charge in [-0.1, -0.05) is 0 Å². The fourth-order valence-corrected chi connectivity index (χ4v) is 10.9. The molecule has 0 bridgehead atoms. The van der Waals surface area contributed by atoms with Gasteiger partial charge in [-0.05, 0) is 0 Å². The molecule has 8 heteroatoms. The normalized spacial score (nSPS) is 34.6. The SMILES string of the molecule is [CH-]=CC=[C-]C(=O)O[C@]1(C(=O)C[I-]c2ccc3ccccc3n2)CCC2C3CCC4=CC(=O)C=CC4(C)C3[C@@H](O)CC21C.[U+2]. The molecule has 6 nitrogen and oxygen atoms in total. The topological polar surface area (TPSA) is 93.6 Å². The van der Waals surface area contributed by atoms with E-state index in [1.807, 2.05) is 49.4 Å². The first kappa shape index (κ1) is 32.5. The van der Waals surface area contributed by atoms with Crippen LogP contribution in [0.25, 0.3) is 10.9 Å². The number of hydrogen-bond donors (Lipinski definition) is 1. The van der Waals surface area contributed by atoms with Crippen molar-refractivity contribution in [3.05, 3.63) is 88.7 Å². The smallest absolute Gasteiger partial charge is 2.00 e. The van der Waals surface area contributed by atoms with E-state index in [0.29, 0.717) is 12.8 Å². The van der Waals surface area contributed by atoms with Crippen LogP contribution in [0.2, 0.25) is 0 Å². The van der Waals surface area contributed by atoms with Gasteiger partial charge in [0.2, 0.25) is 0 Å². The number of Topliss-reactive ketones (excluding diaryl/α,β-unsaturated/α-hetero) is 1. The molecule has 222 valence electrons. The minimum atomic E-state index is -1.37. The van der Waals surface area contributed by atoms with Gasteiger partial charge in [0.15, 0.2) is 0 Å². The number of carbonyl (C=O) groups excluding carboxylic acids is 3. The molecule has 0 radical (unpaired) electrons. The van der Waals surface area contributed by atoms with Gasteiger partial charge in [-0.15, -0.1) is 0 Å². The Bertz CT molecular complexity index is 1570. The zero-order valence-corrected chi connectivity index (χ0v) is 30.7. The summed E-state index contributed by atoms with van der Waals surface area (Å²) in [4.78, 5) is 44.4. The number of aliphatic hydroxyl groups is 1. The molecular weight excluding hydrogens is 879 g/mol. The molecule has 1 heterocycles. The molecule has 3 saturated carbocycles. The summed E-state index contributed by atoms with van der Waals surface area (Å²) in [5.41, 5.74) is -0.559. The summed E-state index contributed by atoms with van der Waals surface area (Å²) >= 11 is -0.793. The third-order valence-electron chi connectivity index (χ3n) is 10.5. The first-order chi connectivity index (χ1) is 20.1. The van der Waals surface area contributed by atoms with Gasteiger partial charge >= 0.3 is 289 Å². The van der Waals surface area contributed by atoms with Crippen LogP contribution >= 0.6 is 0 Å². The van der Waals surface area contributed by atoms with E-state index in [2.05, 4.69) is 13.0 Å². The second-order valence-electron chi connectivity index (χ2n) is 12.5. The second kappa shape index (κ2) is 12.5. The van der Waals surface area contributed by atoms with Crippen molar-refractivity contribution < 1.29 is 76.5 Å². The summed E-state index contributed by atoms with van der Waals surface area (Å²) in [7, 11) is 0. The van der Waals surface area contributed by atoms with Crippen LogP contribution in [0, 0.1) is 76.1 Å². The number of carbonyl (C=O) groups is 3. The van der Waals surface area contributed by atoms with Crippen LogP contribution in [0.15, 0.2) is 72.4 Å². The van der Waals surface area contributed by atoms with E-state index in [0.717, 1.165) is 39.4 Å². The molecule has 0 spiro atoms. The number of allylic oxidation sites excluding steroid dienone is 6. The maximum atomic E-state index is 14.4. The number of esters is 1. The van der Waals surface area contributed by atoms with Crippen molar-refractivity contribution in [2.24, 2.45) is 28.6 Å². The Labute approximate surface area is 287 Å². The van der Waals surface area contributed by atoms with E-state index < -0.39 is 49.7 Å². The standard InChI is InChI=1S/C35H35INO5.U/c1-4-5-10-31(41)42-35(29(40)21-36-30-14-11-22-8-6-7-9-27(22)37-30)18-16-26-25-13-12-23-19-24(38)15-17-33(23,2)32(25)28(39)20-34(26,35)3;/h1,4-9,11,14-15,17,19,25-26,28,32,39H,12-13,16,18,20-21H2,2-3H3;/q-3;+2/t25?,26?,28-,32?,33?,34?,35-;/m0./s1. The van der Waals surface area contributed by atoms with Gasteiger partial charge in [0.05, 0.1) is 0 Å². The number of alkyl halides is 1. The average Bonchev–Trinajstić information content (AvgIpc) is 3.26. The van der Waals surface area contributed by atoms with Gasteiger partial charge in [0, 0.05) is 0 Å². The molecule has 4 aliphatic carbocycles. The Morgan fingerprint density at radius 1 is 1.21 bits per heavy atom. The third-order valence-corrected chi connectivity index (χ3v) is 13.0. The Morgan fingerprint density at radius 2 is 2.00 bits per heavy atom. The number of ketones is 2. The molecule has 1 aromatic carbocycles. The molecule has 6 rings (SSSR count). The van der Waals surface area contributed by atoms with E-state index in [1.165, 1.54) is 12.2 Å². The van der Waals surface area contributed by atoms with Crippen molar-refractivity contribution in [1.82, 2.24) is 4.98 Å². The molecule has 0 amide bonds. The maximum Gasteiger partial charge on any atom is 2.00 e. The molecular formula is C35H35INO5U-. The zero-order chi connectivity index (χ0) is 29.7. The van der Waals surface area contributed by atoms with E-state index >= 15 is 0 Å². The zero-order valence-electron chi connectivity index (χ0n) is 24.4. The first-order valence-corrected chi connectivity index (χ1v) is 17.2. The first-order valence-electron chi connectivity index (χ1n) is 14.6. The second-order valence-corrected chi connectivity index (χ2v) is 15.1. The summed E-state index contributed by atoms with van der Waals surface area (Å²) in [6.45, 7) is 9.61. The van der Waals surface area contributed by atoms with E-state index in [4.69, 9.17) is 16.3 Å². The quantitative estimate of drug-likeness (QED) is 0.0871. The summed E-state index contributed by atoms with van der Waals surface area (Å²) in [5.74, 6) is -0.695. The molecule has 43 heavy (non-hydrogen) atoms. The van der Waals surface area contributed by atoms with Crippen molar-refractivity contribution in [3.63, 3.8) is 0 Å². The summed E-state index contributed by atoms with van der Waals surface area (Å²) in [5, 5.41) is 12.9. The van der Waals surface area contributed by atoms with Crippen LogP contribution in [0.3, 0.4) is 0 Å². The Hall–Kier alpha value is -1.86. The molecule has 2 aromatic rings. The molecule has 0 saturated heterocycles. The van der Waals surface area contributed by atoms with E-state index in [1.54, 1.807) is 12.2 Å². The molecule has 0 aliphatic heterocycles. The average molecular weight is 915 g/mol. The number of halogens is 1. The van der Waals surface area contributed by atoms with Gasteiger partial charge in [0.1, 0.15) is 0 Å². The van der Waals surface area contributed by atoms with Crippen LogP contribution in [-0.2, 0) is 19.1 Å². The number of benzene rings is 1. The van der Waals surface area contributed by atoms with Gasteiger partial charge in [-0.3, -0.25) is 0 Å². The van der Waals surface area contributed by atoms with E-state index in [-0.39, 0.29) is 64.9 Å². The number of aliphatic hydroxyl groups excluding tert-OH is 1. The third kappa shape index (κ3) is 5.49. The van der Waals surface area contributed by atoms with Crippen molar-refractivity contribution in [1.29, 1.82) is 0 Å². The van der Waals surface area contributed by atoms with Crippen LogP contribution in [0.4, 0.5) is 0 Å². The molecule has 4 aliphatic rings. The Morgan fingerprint density at radius 3 is 2.79 bits per heavy atom. The van der Waals surface area contributed by atoms with Gasteiger partial charge in [-0.2, -0.15) is 0 Å². The largest absolute Gasteiger partial charge is 2.00 e. The Balaban J connectivity index is 0.00000368. The Kier molecular flexibility index (Phi) is 9.46. The summed E-state index contributed by atoms with van der Waals surface area (Å²) < 4.78 is 7.36. The number of hydrogen-bond acceptors (Lipinski definition) is 6. The number of fused-ring (bicyclic) bond motifs is 6. The number of nitrogens with zero attached hydrogens (tertiary/aromatic N) is 1.